The Morgan fingerprint density at radius 3 is 2.47 bits per heavy atom. The van der Waals surface area contributed by atoms with E-state index >= 15 is 0 Å². The van der Waals surface area contributed by atoms with Crippen LogP contribution in [0.25, 0.3) is 0 Å². The van der Waals surface area contributed by atoms with Crippen molar-refractivity contribution in [3.63, 3.8) is 0 Å². The SMILES string of the molecule is COc1ccc([C@@H](N)[C@@H](O)C(F)(F)F)cc1[N+](=O)[O-]. The van der Waals surface area contributed by atoms with E-state index in [1.165, 1.54) is 7.11 Å². The second-order valence-corrected chi connectivity index (χ2v) is 3.70. The van der Waals surface area contributed by atoms with Crippen LogP contribution in [-0.4, -0.2) is 29.4 Å². The van der Waals surface area contributed by atoms with E-state index in [1.54, 1.807) is 0 Å². The van der Waals surface area contributed by atoms with Crippen LogP contribution >= 0.6 is 0 Å². The number of nitro groups is 1. The van der Waals surface area contributed by atoms with Gasteiger partial charge in [0.25, 0.3) is 0 Å². The first-order chi connectivity index (χ1) is 8.68. The average molecular weight is 280 g/mol. The summed E-state index contributed by atoms with van der Waals surface area (Å²) >= 11 is 0. The first-order valence-electron chi connectivity index (χ1n) is 5.01. The molecule has 0 amide bonds. The van der Waals surface area contributed by atoms with Crippen LogP contribution in [-0.2, 0) is 0 Å². The Hall–Kier alpha value is -1.87. The van der Waals surface area contributed by atoms with Crippen molar-refractivity contribution < 1.29 is 27.9 Å². The van der Waals surface area contributed by atoms with Crippen LogP contribution in [0.3, 0.4) is 0 Å². The number of nitrogens with two attached hydrogens (primary N) is 1. The molecule has 0 aromatic heterocycles. The lowest BCUT2D eigenvalue weighted by Gasteiger charge is -2.21. The molecule has 106 valence electrons. The van der Waals surface area contributed by atoms with Crippen molar-refractivity contribution in [3.8, 4) is 5.75 Å². The zero-order valence-electron chi connectivity index (χ0n) is 9.72. The Labute approximate surface area is 105 Å². The highest BCUT2D eigenvalue weighted by molar-refractivity contribution is 5.49. The van der Waals surface area contributed by atoms with Crippen LogP contribution < -0.4 is 10.5 Å². The van der Waals surface area contributed by atoms with Crippen LogP contribution in [0.4, 0.5) is 18.9 Å². The van der Waals surface area contributed by atoms with E-state index in [4.69, 9.17) is 15.6 Å². The number of aliphatic hydroxyl groups is 1. The summed E-state index contributed by atoms with van der Waals surface area (Å²) in [6.45, 7) is 0. The molecule has 9 heteroatoms. The van der Waals surface area contributed by atoms with Gasteiger partial charge >= 0.3 is 11.9 Å². The number of halogens is 3. The molecule has 0 saturated heterocycles. The molecule has 0 aliphatic rings. The summed E-state index contributed by atoms with van der Waals surface area (Å²) in [4.78, 5) is 9.91. The maximum Gasteiger partial charge on any atom is 0.416 e. The minimum atomic E-state index is -4.91. The molecule has 0 aliphatic carbocycles. The summed E-state index contributed by atoms with van der Waals surface area (Å²) in [5, 5.41) is 19.7. The Balaban J connectivity index is 3.15. The van der Waals surface area contributed by atoms with E-state index in [9.17, 15) is 23.3 Å². The van der Waals surface area contributed by atoms with E-state index in [0.29, 0.717) is 0 Å². The average Bonchev–Trinajstić information content (AvgIpc) is 2.34. The number of aliphatic hydroxyl groups excluding tert-OH is 1. The Kier molecular flexibility index (Phi) is 4.32. The van der Waals surface area contributed by atoms with E-state index in [1.807, 2.05) is 0 Å². The lowest BCUT2D eigenvalue weighted by Crippen LogP contribution is -2.38. The van der Waals surface area contributed by atoms with Gasteiger partial charge < -0.3 is 15.6 Å². The molecule has 0 aliphatic heterocycles. The number of hydrogen-bond donors (Lipinski definition) is 2. The summed E-state index contributed by atoms with van der Waals surface area (Å²) in [6.07, 6.45) is -7.71. The van der Waals surface area contributed by atoms with E-state index in [2.05, 4.69) is 0 Å². The van der Waals surface area contributed by atoms with Gasteiger partial charge in [-0.1, -0.05) is 6.07 Å². The monoisotopic (exact) mass is 280 g/mol. The molecule has 0 heterocycles. The van der Waals surface area contributed by atoms with Crippen LogP contribution in [0.1, 0.15) is 11.6 Å². The maximum atomic E-state index is 12.3. The van der Waals surface area contributed by atoms with Gasteiger partial charge in [-0.2, -0.15) is 13.2 Å². The summed E-state index contributed by atoms with van der Waals surface area (Å²) in [5.74, 6) is -0.109. The lowest BCUT2D eigenvalue weighted by atomic mass is 10.0. The fourth-order valence-electron chi connectivity index (χ4n) is 1.44. The molecule has 19 heavy (non-hydrogen) atoms. The Bertz CT molecular complexity index is 478. The molecule has 0 spiro atoms. The second kappa shape index (κ2) is 5.41. The zero-order valence-corrected chi connectivity index (χ0v) is 9.72. The third-order valence-corrected chi connectivity index (χ3v) is 2.46. The third-order valence-electron chi connectivity index (χ3n) is 2.46. The second-order valence-electron chi connectivity index (χ2n) is 3.70. The van der Waals surface area contributed by atoms with Gasteiger partial charge in [-0.05, 0) is 11.6 Å². The van der Waals surface area contributed by atoms with Crippen LogP contribution in [0.15, 0.2) is 18.2 Å². The van der Waals surface area contributed by atoms with Gasteiger partial charge in [0.2, 0.25) is 0 Å². The topological polar surface area (TPSA) is 98.6 Å². The van der Waals surface area contributed by atoms with Crippen molar-refractivity contribution in [2.45, 2.75) is 18.3 Å². The van der Waals surface area contributed by atoms with Crippen molar-refractivity contribution in [2.75, 3.05) is 7.11 Å². The van der Waals surface area contributed by atoms with Crippen molar-refractivity contribution >= 4 is 5.69 Å². The fourth-order valence-corrected chi connectivity index (χ4v) is 1.44. The standard InChI is InChI=1S/C10H11F3N2O4/c1-19-7-3-2-5(4-6(7)15(17)18)8(14)9(16)10(11,12)13/h2-4,8-9,16H,14H2,1H3/t8-,9-/m1/s1. The largest absolute Gasteiger partial charge is 0.490 e. The van der Waals surface area contributed by atoms with Gasteiger partial charge in [-0.25, -0.2) is 0 Å². The summed E-state index contributed by atoms with van der Waals surface area (Å²) in [6, 6.07) is 1.28. The number of rotatable bonds is 4. The van der Waals surface area contributed by atoms with Gasteiger partial charge in [0.1, 0.15) is 0 Å². The fraction of sp³-hybridized carbons (Fsp3) is 0.400. The van der Waals surface area contributed by atoms with E-state index < -0.39 is 28.9 Å². The van der Waals surface area contributed by atoms with Gasteiger partial charge in [0.05, 0.1) is 18.1 Å². The number of alkyl halides is 3. The summed E-state index contributed by atoms with van der Waals surface area (Å²) in [7, 11) is 1.19. The Morgan fingerprint density at radius 2 is 2.05 bits per heavy atom. The minimum absolute atomic E-state index is 0.109. The Morgan fingerprint density at radius 1 is 1.47 bits per heavy atom. The predicted octanol–water partition coefficient (Wildman–Crippen LogP) is 1.53. The third kappa shape index (κ3) is 3.32. The van der Waals surface area contributed by atoms with Gasteiger partial charge in [0, 0.05) is 6.07 Å². The van der Waals surface area contributed by atoms with Crippen molar-refractivity contribution in [1.82, 2.24) is 0 Å². The van der Waals surface area contributed by atoms with Gasteiger partial charge in [-0.3, -0.25) is 10.1 Å². The molecule has 0 saturated carbocycles. The maximum absolute atomic E-state index is 12.3. The highest BCUT2D eigenvalue weighted by Crippen LogP contribution is 2.33. The number of nitro benzene ring substituents is 1. The number of hydrogen-bond acceptors (Lipinski definition) is 5. The minimum Gasteiger partial charge on any atom is -0.490 e. The normalized spacial score (nSPS) is 14.8. The highest BCUT2D eigenvalue weighted by Gasteiger charge is 2.43. The van der Waals surface area contributed by atoms with Gasteiger partial charge in [-0.15, -0.1) is 0 Å². The molecule has 1 rings (SSSR count). The van der Waals surface area contributed by atoms with E-state index in [0.717, 1.165) is 18.2 Å². The number of ether oxygens (including phenoxy) is 1. The molecule has 0 unspecified atom stereocenters. The lowest BCUT2D eigenvalue weighted by molar-refractivity contribution is -0.385. The number of methoxy groups -OCH3 is 1. The smallest absolute Gasteiger partial charge is 0.416 e. The first-order valence-corrected chi connectivity index (χ1v) is 5.01. The molecule has 1 aromatic carbocycles. The first kappa shape index (κ1) is 15.2. The zero-order chi connectivity index (χ0) is 14.8. The van der Waals surface area contributed by atoms with Crippen LogP contribution in [0.5, 0.6) is 5.75 Å². The molecule has 0 radical (unpaired) electrons. The van der Waals surface area contributed by atoms with Crippen molar-refractivity contribution in [1.29, 1.82) is 0 Å². The summed E-state index contributed by atoms with van der Waals surface area (Å²) in [5.41, 5.74) is 4.52. The molecular formula is C10H11F3N2O4. The molecule has 1 aromatic rings. The van der Waals surface area contributed by atoms with Crippen molar-refractivity contribution in [3.05, 3.63) is 33.9 Å². The van der Waals surface area contributed by atoms with Crippen molar-refractivity contribution in [2.24, 2.45) is 5.73 Å². The molecule has 2 atom stereocenters. The predicted molar refractivity (Wildman–Crippen MR) is 58.6 cm³/mol. The molecule has 6 nitrogen and oxygen atoms in total. The van der Waals surface area contributed by atoms with E-state index in [-0.39, 0.29) is 11.3 Å². The van der Waals surface area contributed by atoms with Crippen LogP contribution in [0, 0.1) is 10.1 Å². The molecule has 3 N–H and O–H groups in total. The summed E-state index contributed by atoms with van der Waals surface area (Å²) < 4.78 is 41.6. The molecule has 0 fully saturated rings. The molecule has 0 bridgehead atoms. The quantitative estimate of drug-likeness (QED) is 0.643. The number of nitrogens with zero attached hydrogens (tertiary/aromatic N) is 1. The molecular weight excluding hydrogens is 269 g/mol. The van der Waals surface area contributed by atoms with Gasteiger partial charge in [0.15, 0.2) is 11.9 Å². The van der Waals surface area contributed by atoms with Crippen LogP contribution in [0.2, 0.25) is 0 Å². The number of benzene rings is 1. The highest BCUT2D eigenvalue weighted by atomic mass is 19.4.